The third-order valence-electron chi connectivity index (χ3n) is 3.34. The van der Waals surface area contributed by atoms with Gasteiger partial charge in [0, 0.05) is 33.0 Å². The largest absolute Gasteiger partial charge is 0.480 e. The quantitative estimate of drug-likeness (QED) is 0.732. The molecule has 2 heterocycles. The minimum atomic E-state index is -1.14. The molecule has 1 aliphatic rings. The van der Waals surface area contributed by atoms with Crippen molar-refractivity contribution in [3.63, 3.8) is 0 Å². The number of carboxylic acid groups (broad SMARTS) is 1. The number of nitrogens with zero attached hydrogens (tertiary/aromatic N) is 4. The first-order chi connectivity index (χ1) is 9.90. The Kier molecular flexibility index (Phi) is 4.10. The molecule has 0 aromatic carbocycles. The first-order valence-electron chi connectivity index (χ1n) is 6.37. The van der Waals surface area contributed by atoms with E-state index in [2.05, 4.69) is 10.3 Å². The normalized spacial score (nSPS) is 18.3. The molecule has 1 aliphatic heterocycles. The summed E-state index contributed by atoms with van der Waals surface area (Å²) in [6, 6.07) is -1.57. The summed E-state index contributed by atoms with van der Waals surface area (Å²) in [5.41, 5.74) is 0. The van der Waals surface area contributed by atoms with Crippen molar-refractivity contribution in [2.75, 3.05) is 20.1 Å². The fourth-order valence-electron chi connectivity index (χ4n) is 2.11. The Labute approximate surface area is 121 Å². The fraction of sp³-hybridized carbons (Fsp3) is 0.500. The predicted molar refractivity (Wildman–Crippen MR) is 71.2 cm³/mol. The number of carbonyl (C=O) groups is 3. The smallest absolute Gasteiger partial charge is 0.328 e. The number of piperazine rings is 1. The van der Waals surface area contributed by atoms with E-state index in [1.807, 2.05) is 0 Å². The van der Waals surface area contributed by atoms with Crippen molar-refractivity contribution in [2.45, 2.75) is 12.6 Å². The maximum Gasteiger partial charge on any atom is 0.328 e. The van der Waals surface area contributed by atoms with Gasteiger partial charge in [0.2, 0.25) is 5.91 Å². The molecule has 9 heteroatoms. The number of carbonyl (C=O) groups excluding carboxylic acids is 2. The van der Waals surface area contributed by atoms with Gasteiger partial charge >= 0.3 is 12.0 Å². The zero-order valence-electron chi connectivity index (χ0n) is 11.8. The summed E-state index contributed by atoms with van der Waals surface area (Å²) in [5, 5.41) is 11.6. The van der Waals surface area contributed by atoms with E-state index in [4.69, 9.17) is 5.11 Å². The molecule has 3 amide bonds. The van der Waals surface area contributed by atoms with Crippen LogP contribution < -0.4 is 5.32 Å². The topological polar surface area (TPSA) is 108 Å². The van der Waals surface area contributed by atoms with Gasteiger partial charge in [-0.3, -0.25) is 9.69 Å². The lowest BCUT2D eigenvalue weighted by Gasteiger charge is -2.35. The highest BCUT2D eigenvalue weighted by molar-refractivity contribution is 5.90. The number of rotatable bonds is 3. The molecule has 0 saturated carbocycles. The number of aryl methyl sites for hydroxylation is 1. The van der Waals surface area contributed by atoms with Crippen LogP contribution in [0, 0.1) is 0 Å². The van der Waals surface area contributed by atoms with Crippen LogP contribution in [0.15, 0.2) is 12.4 Å². The highest BCUT2D eigenvalue weighted by Crippen LogP contribution is 2.10. The number of nitrogens with one attached hydrogen (secondary N) is 1. The van der Waals surface area contributed by atoms with Crippen LogP contribution in [0.2, 0.25) is 0 Å². The zero-order valence-corrected chi connectivity index (χ0v) is 11.8. The van der Waals surface area contributed by atoms with E-state index in [0.717, 1.165) is 4.90 Å². The maximum absolute atomic E-state index is 12.4. The molecule has 114 valence electrons. The zero-order chi connectivity index (χ0) is 15.6. The van der Waals surface area contributed by atoms with Gasteiger partial charge in [0.15, 0.2) is 0 Å². The van der Waals surface area contributed by atoms with Crippen LogP contribution in [0.4, 0.5) is 4.79 Å². The molecule has 0 radical (unpaired) electrons. The molecular weight excluding hydrogens is 278 g/mol. The van der Waals surface area contributed by atoms with Gasteiger partial charge in [-0.2, -0.15) is 0 Å². The Morgan fingerprint density at radius 3 is 2.86 bits per heavy atom. The van der Waals surface area contributed by atoms with Crippen LogP contribution in [0.1, 0.15) is 5.82 Å². The van der Waals surface area contributed by atoms with Gasteiger partial charge in [-0.15, -0.1) is 0 Å². The molecule has 9 nitrogen and oxygen atoms in total. The standard InChI is InChI=1S/C12H17N5O4/c1-15-4-3-13-9(15)6-16(2)12(21)17-7-10(18)14-5-8(17)11(19)20/h3-4,8H,5-7H2,1-2H3,(H,14,18)(H,19,20). The first-order valence-corrected chi connectivity index (χ1v) is 6.37. The highest BCUT2D eigenvalue weighted by atomic mass is 16.4. The fourth-order valence-corrected chi connectivity index (χ4v) is 2.11. The number of aliphatic carboxylic acids is 1. The summed E-state index contributed by atoms with van der Waals surface area (Å²) >= 11 is 0. The molecule has 1 unspecified atom stereocenters. The molecule has 21 heavy (non-hydrogen) atoms. The van der Waals surface area contributed by atoms with Crippen LogP contribution in [0.5, 0.6) is 0 Å². The van der Waals surface area contributed by atoms with Crippen LogP contribution >= 0.6 is 0 Å². The SMILES string of the molecule is CN(Cc1nccn1C)C(=O)N1CC(=O)NCC1C(=O)O. The van der Waals surface area contributed by atoms with E-state index in [-0.39, 0.29) is 25.5 Å². The second kappa shape index (κ2) is 5.81. The number of carboxylic acids is 1. The number of hydrogen-bond donors (Lipinski definition) is 2. The van der Waals surface area contributed by atoms with E-state index in [9.17, 15) is 14.4 Å². The Balaban J connectivity index is 2.10. The van der Waals surface area contributed by atoms with Crippen molar-refractivity contribution in [2.24, 2.45) is 7.05 Å². The summed E-state index contributed by atoms with van der Waals surface area (Å²) in [6.45, 7) is -0.121. The third-order valence-corrected chi connectivity index (χ3v) is 3.34. The first kappa shape index (κ1) is 14.8. The molecule has 0 aliphatic carbocycles. The van der Waals surface area contributed by atoms with Crippen molar-refractivity contribution < 1.29 is 19.5 Å². The van der Waals surface area contributed by atoms with Crippen molar-refractivity contribution in [3.05, 3.63) is 18.2 Å². The molecule has 1 aromatic heterocycles. The number of imidazole rings is 1. The van der Waals surface area contributed by atoms with E-state index in [0.29, 0.717) is 5.82 Å². The molecule has 0 spiro atoms. The van der Waals surface area contributed by atoms with Gasteiger partial charge in [0.1, 0.15) is 18.4 Å². The van der Waals surface area contributed by atoms with Gasteiger partial charge in [-0.1, -0.05) is 0 Å². The minimum Gasteiger partial charge on any atom is -0.480 e. The molecule has 2 N–H and O–H groups in total. The lowest BCUT2D eigenvalue weighted by atomic mass is 10.2. The average molecular weight is 295 g/mol. The Bertz CT molecular complexity index is 570. The van der Waals surface area contributed by atoms with Gasteiger partial charge in [-0.25, -0.2) is 14.6 Å². The average Bonchev–Trinajstić information content (AvgIpc) is 2.83. The summed E-state index contributed by atoms with van der Waals surface area (Å²) in [4.78, 5) is 41.5. The van der Waals surface area contributed by atoms with Crippen molar-refractivity contribution in [1.29, 1.82) is 0 Å². The number of aromatic nitrogens is 2. The van der Waals surface area contributed by atoms with Gasteiger partial charge in [0.05, 0.1) is 6.54 Å². The molecular formula is C12H17N5O4. The predicted octanol–water partition coefficient (Wildman–Crippen LogP) is -1.14. The molecule has 1 fully saturated rings. The lowest BCUT2D eigenvalue weighted by molar-refractivity contribution is -0.144. The van der Waals surface area contributed by atoms with E-state index >= 15 is 0 Å². The van der Waals surface area contributed by atoms with E-state index in [1.54, 1.807) is 31.1 Å². The monoisotopic (exact) mass is 295 g/mol. The Morgan fingerprint density at radius 2 is 2.29 bits per heavy atom. The Morgan fingerprint density at radius 1 is 1.57 bits per heavy atom. The van der Waals surface area contributed by atoms with Gasteiger partial charge < -0.3 is 19.9 Å². The maximum atomic E-state index is 12.4. The second-order valence-electron chi connectivity index (χ2n) is 4.88. The van der Waals surface area contributed by atoms with E-state index < -0.39 is 18.0 Å². The molecule has 2 rings (SSSR count). The second-order valence-corrected chi connectivity index (χ2v) is 4.88. The number of hydrogen-bond acceptors (Lipinski definition) is 4. The van der Waals surface area contributed by atoms with Crippen LogP contribution in [0.3, 0.4) is 0 Å². The number of urea groups is 1. The molecule has 0 bridgehead atoms. The van der Waals surface area contributed by atoms with E-state index in [1.165, 1.54) is 4.90 Å². The molecule has 1 atom stereocenters. The van der Waals surface area contributed by atoms with Crippen molar-refractivity contribution >= 4 is 17.9 Å². The summed E-state index contributed by atoms with van der Waals surface area (Å²) in [5.74, 6) is -0.848. The summed E-state index contributed by atoms with van der Waals surface area (Å²) in [6.07, 6.45) is 3.37. The van der Waals surface area contributed by atoms with Gasteiger partial charge in [0.25, 0.3) is 0 Å². The summed E-state index contributed by atoms with van der Waals surface area (Å²) in [7, 11) is 3.34. The third kappa shape index (κ3) is 3.12. The van der Waals surface area contributed by atoms with Crippen LogP contribution in [-0.4, -0.2) is 68.5 Å². The van der Waals surface area contributed by atoms with Gasteiger partial charge in [-0.05, 0) is 0 Å². The Hall–Kier alpha value is -2.58. The molecule has 1 aromatic rings. The molecule has 1 saturated heterocycles. The van der Waals surface area contributed by atoms with Crippen molar-refractivity contribution in [3.8, 4) is 0 Å². The van der Waals surface area contributed by atoms with Crippen LogP contribution in [0.25, 0.3) is 0 Å². The number of amides is 3. The lowest BCUT2D eigenvalue weighted by Crippen LogP contribution is -2.61. The minimum absolute atomic E-state index is 0.0872. The van der Waals surface area contributed by atoms with Crippen LogP contribution in [-0.2, 0) is 23.2 Å². The highest BCUT2D eigenvalue weighted by Gasteiger charge is 2.36. The van der Waals surface area contributed by atoms with Crippen molar-refractivity contribution in [1.82, 2.24) is 24.7 Å². The summed E-state index contributed by atoms with van der Waals surface area (Å²) < 4.78 is 1.77.